The van der Waals surface area contributed by atoms with Crippen molar-refractivity contribution in [2.24, 2.45) is 0 Å². The molecule has 1 aromatic rings. The third-order valence-electron chi connectivity index (χ3n) is 3.23. The van der Waals surface area contributed by atoms with Gasteiger partial charge in [0.05, 0.1) is 12.2 Å². The minimum absolute atomic E-state index is 0.211. The minimum Gasteiger partial charge on any atom is -0.393 e. The van der Waals surface area contributed by atoms with Gasteiger partial charge in [-0.2, -0.15) is 0 Å². The highest BCUT2D eigenvalue weighted by Crippen LogP contribution is 2.27. The van der Waals surface area contributed by atoms with Gasteiger partial charge in [-0.1, -0.05) is 13.8 Å². The Labute approximate surface area is 104 Å². The topological polar surface area (TPSA) is 53.4 Å². The van der Waals surface area contributed by atoms with Gasteiger partial charge < -0.3 is 10.2 Å². The zero-order valence-electron chi connectivity index (χ0n) is 10.7. The lowest BCUT2D eigenvalue weighted by molar-refractivity contribution is 0.118. The Morgan fingerprint density at radius 1 is 1.00 bits per heavy atom. The van der Waals surface area contributed by atoms with Crippen LogP contribution in [0.25, 0.3) is 0 Å². The van der Waals surface area contributed by atoms with E-state index in [-0.39, 0.29) is 18.1 Å². The largest absolute Gasteiger partial charge is 0.393 e. The summed E-state index contributed by atoms with van der Waals surface area (Å²) in [4.78, 5) is 4.00. The molecule has 17 heavy (non-hydrogen) atoms. The normalized spacial score (nSPS) is 14.9. The van der Waals surface area contributed by atoms with E-state index in [1.165, 1.54) is 0 Å². The van der Waals surface area contributed by atoms with Crippen LogP contribution in [0.4, 0.5) is 0 Å². The molecule has 0 aliphatic heterocycles. The summed E-state index contributed by atoms with van der Waals surface area (Å²) in [6, 6.07) is 3.94. The highest BCUT2D eigenvalue weighted by atomic mass is 16.3. The number of hydrogen-bond acceptors (Lipinski definition) is 3. The van der Waals surface area contributed by atoms with Crippen LogP contribution < -0.4 is 0 Å². The van der Waals surface area contributed by atoms with Gasteiger partial charge in [0.2, 0.25) is 0 Å². The Bertz CT molecular complexity index is 290. The van der Waals surface area contributed by atoms with Gasteiger partial charge in [0, 0.05) is 12.4 Å². The fraction of sp³-hybridized carbons (Fsp3) is 0.643. The molecule has 0 aromatic carbocycles. The van der Waals surface area contributed by atoms with Crippen molar-refractivity contribution in [2.75, 3.05) is 0 Å². The first-order chi connectivity index (χ1) is 8.17. The third kappa shape index (κ3) is 4.84. The standard InChI is InChI=1S/C14H23NO2/c1-3-13(16)9-12(10-14(17)4-2)11-5-7-15-8-6-11/h5-8,12-14,16-17H,3-4,9-10H2,1-2H3/t13-,14-/m1/s1. The number of aromatic nitrogens is 1. The van der Waals surface area contributed by atoms with Crippen LogP contribution >= 0.6 is 0 Å². The molecule has 2 N–H and O–H groups in total. The molecule has 0 unspecified atom stereocenters. The first-order valence-electron chi connectivity index (χ1n) is 6.43. The fourth-order valence-electron chi connectivity index (χ4n) is 1.99. The molecule has 0 aliphatic rings. The summed E-state index contributed by atoms with van der Waals surface area (Å²) >= 11 is 0. The van der Waals surface area contributed by atoms with Crippen molar-refractivity contribution < 1.29 is 10.2 Å². The van der Waals surface area contributed by atoms with Crippen molar-refractivity contribution in [1.82, 2.24) is 4.98 Å². The molecular formula is C14H23NO2. The van der Waals surface area contributed by atoms with Crippen molar-refractivity contribution >= 4 is 0 Å². The Hall–Kier alpha value is -0.930. The quantitative estimate of drug-likeness (QED) is 0.766. The summed E-state index contributed by atoms with van der Waals surface area (Å²) in [5, 5.41) is 19.6. The van der Waals surface area contributed by atoms with Crippen LogP contribution in [0.3, 0.4) is 0 Å². The summed E-state index contributed by atoms with van der Waals surface area (Å²) < 4.78 is 0. The van der Waals surface area contributed by atoms with Crippen molar-refractivity contribution in [3.63, 3.8) is 0 Å². The second-order valence-corrected chi connectivity index (χ2v) is 4.57. The molecule has 1 aromatic heterocycles. The Morgan fingerprint density at radius 3 is 1.88 bits per heavy atom. The molecule has 3 nitrogen and oxygen atoms in total. The smallest absolute Gasteiger partial charge is 0.0543 e. The maximum Gasteiger partial charge on any atom is 0.0543 e. The number of nitrogens with zero attached hydrogens (tertiary/aromatic N) is 1. The predicted octanol–water partition coefficient (Wildman–Crippen LogP) is 2.49. The molecule has 1 heterocycles. The molecule has 0 radical (unpaired) electrons. The average Bonchev–Trinajstić information content (AvgIpc) is 2.38. The first-order valence-corrected chi connectivity index (χ1v) is 6.43. The number of hydrogen-bond donors (Lipinski definition) is 2. The molecule has 0 saturated heterocycles. The molecule has 0 saturated carbocycles. The maximum atomic E-state index is 9.78. The van der Waals surface area contributed by atoms with Gasteiger partial charge in [-0.15, -0.1) is 0 Å². The monoisotopic (exact) mass is 237 g/mol. The zero-order valence-corrected chi connectivity index (χ0v) is 10.7. The first kappa shape index (κ1) is 14.1. The van der Waals surface area contributed by atoms with Crippen LogP contribution in [0, 0.1) is 0 Å². The maximum absolute atomic E-state index is 9.78. The van der Waals surface area contributed by atoms with E-state index in [0.29, 0.717) is 12.8 Å². The highest BCUT2D eigenvalue weighted by Gasteiger charge is 2.18. The lowest BCUT2D eigenvalue weighted by atomic mass is 9.87. The van der Waals surface area contributed by atoms with Gasteiger partial charge in [0.15, 0.2) is 0 Å². The van der Waals surface area contributed by atoms with Crippen molar-refractivity contribution in [3.05, 3.63) is 30.1 Å². The van der Waals surface area contributed by atoms with E-state index in [1.807, 2.05) is 26.0 Å². The van der Waals surface area contributed by atoms with Crippen LogP contribution in [0.2, 0.25) is 0 Å². The third-order valence-corrected chi connectivity index (χ3v) is 3.23. The van der Waals surface area contributed by atoms with Crippen LogP contribution in [-0.4, -0.2) is 27.4 Å². The fourth-order valence-corrected chi connectivity index (χ4v) is 1.99. The van der Waals surface area contributed by atoms with Gasteiger partial charge in [-0.25, -0.2) is 0 Å². The van der Waals surface area contributed by atoms with Crippen LogP contribution in [0.15, 0.2) is 24.5 Å². The van der Waals surface area contributed by atoms with E-state index in [4.69, 9.17) is 0 Å². The SMILES string of the molecule is CC[C@@H](O)CC(C[C@H](O)CC)c1ccncc1. The van der Waals surface area contributed by atoms with Crippen molar-refractivity contribution in [1.29, 1.82) is 0 Å². The van der Waals surface area contributed by atoms with Crippen molar-refractivity contribution in [3.8, 4) is 0 Å². The van der Waals surface area contributed by atoms with Gasteiger partial charge in [0.1, 0.15) is 0 Å². The lowest BCUT2D eigenvalue weighted by Gasteiger charge is -2.22. The average molecular weight is 237 g/mol. The van der Waals surface area contributed by atoms with Gasteiger partial charge in [-0.05, 0) is 49.3 Å². The molecule has 0 spiro atoms. The summed E-state index contributed by atoms with van der Waals surface area (Å²) in [6.07, 6.45) is 5.86. The highest BCUT2D eigenvalue weighted by molar-refractivity contribution is 5.16. The molecule has 1 rings (SSSR count). The molecule has 2 atom stereocenters. The summed E-state index contributed by atoms with van der Waals surface area (Å²) in [7, 11) is 0. The Kier molecular flexibility index (Phi) is 6.16. The number of pyridine rings is 1. The van der Waals surface area contributed by atoms with E-state index in [2.05, 4.69) is 4.98 Å². The van der Waals surface area contributed by atoms with E-state index in [0.717, 1.165) is 18.4 Å². The second kappa shape index (κ2) is 7.41. The van der Waals surface area contributed by atoms with Crippen LogP contribution in [0.1, 0.15) is 51.0 Å². The molecule has 0 amide bonds. The van der Waals surface area contributed by atoms with E-state index in [9.17, 15) is 10.2 Å². The minimum atomic E-state index is -0.294. The molecule has 0 aliphatic carbocycles. The van der Waals surface area contributed by atoms with Gasteiger partial charge in [-0.3, -0.25) is 4.98 Å². The molecule has 3 heteroatoms. The Balaban J connectivity index is 2.72. The van der Waals surface area contributed by atoms with Crippen LogP contribution in [0.5, 0.6) is 0 Å². The molecule has 0 fully saturated rings. The van der Waals surface area contributed by atoms with E-state index >= 15 is 0 Å². The predicted molar refractivity (Wildman–Crippen MR) is 68.8 cm³/mol. The molecule has 96 valence electrons. The number of rotatable bonds is 7. The number of aliphatic hydroxyl groups is 2. The van der Waals surface area contributed by atoms with Gasteiger partial charge in [0.25, 0.3) is 0 Å². The molecule has 0 bridgehead atoms. The Morgan fingerprint density at radius 2 is 1.47 bits per heavy atom. The summed E-state index contributed by atoms with van der Waals surface area (Å²) in [5.41, 5.74) is 1.15. The molecular weight excluding hydrogens is 214 g/mol. The zero-order chi connectivity index (χ0) is 12.7. The summed E-state index contributed by atoms with van der Waals surface area (Å²) in [6.45, 7) is 3.95. The second-order valence-electron chi connectivity index (χ2n) is 4.57. The van der Waals surface area contributed by atoms with E-state index in [1.54, 1.807) is 12.4 Å². The van der Waals surface area contributed by atoms with Crippen LogP contribution in [-0.2, 0) is 0 Å². The lowest BCUT2D eigenvalue weighted by Crippen LogP contribution is -2.17. The number of aliphatic hydroxyl groups excluding tert-OH is 2. The van der Waals surface area contributed by atoms with E-state index < -0.39 is 0 Å². The summed E-state index contributed by atoms with van der Waals surface area (Å²) in [5.74, 6) is 0.211. The van der Waals surface area contributed by atoms with Gasteiger partial charge >= 0.3 is 0 Å². The van der Waals surface area contributed by atoms with Crippen molar-refractivity contribution in [2.45, 2.75) is 57.7 Å².